The number of amides is 1. The maximum atomic E-state index is 13.3. The Bertz CT molecular complexity index is 972. The zero-order valence-corrected chi connectivity index (χ0v) is 14.9. The number of carbonyl (C=O) groups excluding carboxylic acids is 1. The summed E-state index contributed by atoms with van der Waals surface area (Å²) >= 11 is 6.24. The van der Waals surface area contributed by atoms with E-state index in [1.807, 2.05) is 19.0 Å². The SMILES string of the molecule is Cc1nc2cc(F)ccc2cc1C(=O)Nc1cccc(Cl)c1N(C)C. The van der Waals surface area contributed by atoms with Crippen LogP contribution in [-0.2, 0) is 0 Å². The molecule has 3 rings (SSSR count). The molecule has 6 heteroatoms. The molecule has 2 aromatic carbocycles. The molecule has 0 saturated heterocycles. The molecule has 1 heterocycles. The Labute approximate surface area is 150 Å². The van der Waals surface area contributed by atoms with Crippen LogP contribution in [0.25, 0.3) is 10.9 Å². The normalized spacial score (nSPS) is 10.8. The zero-order valence-electron chi connectivity index (χ0n) is 14.1. The van der Waals surface area contributed by atoms with E-state index in [0.29, 0.717) is 32.9 Å². The lowest BCUT2D eigenvalue weighted by molar-refractivity contribution is 0.102. The van der Waals surface area contributed by atoms with Gasteiger partial charge < -0.3 is 10.2 Å². The highest BCUT2D eigenvalue weighted by molar-refractivity contribution is 6.34. The average Bonchev–Trinajstić information content (AvgIpc) is 2.53. The predicted octanol–water partition coefficient (Wildman–Crippen LogP) is 4.65. The Morgan fingerprint density at radius 3 is 2.68 bits per heavy atom. The van der Waals surface area contributed by atoms with Gasteiger partial charge in [-0.05, 0) is 37.3 Å². The van der Waals surface area contributed by atoms with Crippen molar-refractivity contribution in [2.24, 2.45) is 0 Å². The topological polar surface area (TPSA) is 45.2 Å². The third kappa shape index (κ3) is 3.42. The quantitative estimate of drug-likeness (QED) is 0.741. The molecule has 0 spiro atoms. The van der Waals surface area contributed by atoms with Gasteiger partial charge in [-0.15, -0.1) is 0 Å². The number of hydrogen-bond donors (Lipinski definition) is 1. The number of carbonyl (C=O) groups is 1. The number of nitrogens with one attached hydrogen (secondary N) is 1. The van der Waals surface area contributed by atoms with Gasteiger partial charge in [-0.3, -0.25) is 9.78 Å². The van der Waals surface area contributed by atoms with E-state index in [2.05, 4.69) is 10.3 Å². The lowest BCUT2D eigenvalue weighted by atomic mass is 10.1. The van der Waals surface area contributed by atoms with Gasteiger partial charge in [-0.2, -0.15) is 0 Å². The molecule has 1 amide bonds. The predicted molar refractivity (Wildman–Crippen MR) is 100 cm³/mol. The number of aryl methyl sites for hydroxylation is 1. The van der Waals surface area contributed by atoms with Crippen LogP contribution < -0.4 is 10.2 Å². The number of para-hydroxylation sites is 1. The Morgan fingerprint density at radius 2 is 1.96 bits per heavy atom. The lowest BCUT2D eigenvalue weighted by Crippen LogP contribution is -2.18. The van der Waals surface area contributed by atoms with Crippen molar-refractivity contribution in [1.82, 2.24) is 4.98 Å². The molecule has 128 valence electrons. The second kappa shape index (κ2) is 6.69. The summed E-state index contributed by atoms with van der Waals surface area (Å²) in [7, 11) is 3.71. The number of benzene rings is 2. The molecule has 4 nitrogen and oxygen atoms in total. The van der Waals surface area contributed by atoms with Gasteiger partial charge in [0, 0.05) is 25.5 Å². The molecule has 0 aliphatic heterocycles. The van der Waals surface area contributed by atoms with Gasteiger partial charge in [0.2, 0.25) is 0 Å². The number of aromatic nitrogens is 1. The Balaban J connectivity index is 2.00. The highest BCUT2D eigenvalue weighted by atomic mass is 35.5. The molecule has 25 heavy (non-hydrogen) atoms. The van der Waals surface area contributed by atoms with Crippen LogP contribution in [-0.4, -0.2) is 25.0 Å². The number of rotatable bonds is 3. The standard InChI is InChI=1S/C19H17ClFN3O/c1-11-14(9-12-7-8-13(21)10-17(12)22-11)19(25)23-16-6-4-5-15(20)18(16)24(2)3/h4-10H,1-3H3,(H,23,25). The van der Waals surface area contributed by atoms with Gasteiger partial charge in [-0.1, -0.05) is 17.7 Å². The number of anilines is 2. The summed E-state index contributed by atoms with van der Waals surface area (Å²) < 4.78 is 13.3. The molecule has 0 radical (unpaired) electrons. The third-order valence-corrected chi connectivity index (χ3v) is 4.20. The number of pyridine rings is 1. The van der Waals surface area contributed by atoms with E-state index in [9.17, 15) is 9.18 Å². The largest absolute Gasteiger partial charge is 0.375 e. The van der Waals surface area contributed by atoms with E-state index in [4.69, 9.17) is 11.6 Å². The van der Waals surface area contributed by atoms with Crippen molar-refractivity contribution in [2.45, 2.75) is 6.92 Å². The molecule has 1 aromatic heterocycles. The minimum Gasteiger partial charge on any atom is -0.375 e. The van der Waals surface area contributed by atoms with E-state index in [0.717, 1.165) is 5.69 Å². The van der Waals surface area contributed by atoms with Gasteiger partial charge in [0.15, 0.2) is 0 Å². The Kier molecular flexibility index (Phi) is 4.59. The fourth-order valence-corrected chi connectivity index (χ4v) is 3.07. The van der Waals surface area contributed by atoms with Crippen LogP contribution in [0.4, 0.5) is 15.8 Å². The highest BCUT2D eigenvalue weighted by Crippen LogP contribution is 2.33. The van der Waals surface area contributed by atoms with Gasteiger partial charge in [-0.25, -0.2) is 4.39 Å². The number of halogens is 2. The molecule has 0 saturated carbocycles. The minimum atomic E-state index is -0.355. The third-order valence-electron chi connectivity index (χ3n) is 3.90. The van der Waals surface area contributed by atoms with Gasteiger partial charge in [0.25, 0.3) is 5.91 Å². The minimum absolute atomic E-state index is 0.290. The second-order valence-corrected chi connectivity index (χ2v) is 6.35. The van der Waals surface area contributed by atoms with Crippen molar-refractivity contribution in [3.05, 3.63) is 64.6 Å². The summed E-state index contributed by atoms with van der Waals surface area (Å²) in [6.07, 6.45) is 0. The average molecular weight is 358 g/mol. The van der Waals surface area contributed by atoms with Crippen molar-refractivity contribution in [3.8, 4) is 0 Å². The Hall–Kier alpha value is -2.66. The molecule has 0 aliphatic rings. The fourth-order valence-electron chi connectivity index (χ4n) is 2.73. The number of hydrogen-bond acceptors (Lipinski definition) is 3. The van der Waals surface area contributed by atoms with E-state index in [1.165, 1.54) is 12.1 Å². The zero-order chi connectivity index (χ0) is 18.1. The summed E-state index contributed by atoms with van der Waals surface area (Å²) in [5.74, 6) is -0.646. The first-order chi connectivity index (χ1) is 11.9. The maximum absolute atomic E-state index is 13.3. The summed E-state index contributed by atoms with van der Waals surface area (Å²) in [4.78, 5) is 18.9. The van der Waals surface area contributed by atoms with E-state index >= 15 is 0 Å². The lowest BCUT2D eigenvalue weighted by Gasteiger charge is -2.19. The molecule has 0 fully saturated rings. The smallest absolute Gasteiger partial charge is 0.257 e. The molecule has 1 N–H and O–H groups in total. The maximum Gasteiger partial charge on any atom is 0.257 e. The molecule has 0 bridgehead atoms. The second-order valence-electron chi connectivity index (χ2n) is 5.94. The van der Waals surface area contributed by atoms with Crippen LogP contribution >= 0.6 is 11.6 Å². The number of fused-ring (bicyclic) bond motifs is 1. The fraction of sp³-hybridized carbons (Fsp3) is 0.158. The Morgan fingerprint density at radius 1 is 1.20 bits per heavy atom. The van der Waals surface area contributed by atoms with Crippen molar-refractivity contribution >= 4 is 39.8 Å². The summed E-state index contributed by atoms with van der Waals surface area (Å²) in [6.45, 7) is 1.73. The highest BCUT2D eigenvalue weighted by Gasteiger charge is 2.16. The van der Waals surface area contributed by atoms with Gasteiger partial charge in [0.1, 0.15) is 5.82 Å². The summed E-state index contributed by atoms with van der Waals surface area (Å²) in [5.41, 5.74) is 2.82. The van der Waals surface area contributed by atoms with E-state index in [1.54, 1.807) is 37.3 Å². The van der Waals surface area contributed by atoms with Crippen LogP contribution in [0.15, 0.2) is 42.5 Å². The first-order valence-corrected chi connectivity index (χ1v) is 8.08. The van der Waals surface area contributed by atoms with Crippen LogP contribution in [0.2, 0.25) is 5.02 Å². The molecule has 0 unspecified atom stereocenters. The molecular weight excluding hydrogens is 341 g/mol. The summed E-state index contributed by atoms with van der Waals surface area (Å²) in [6, 6.07) is 11.4. The van der Waals surface area contributed by atoms with Crippen molar-refractivity contribution in [1.29, 1.82) is 0 Å². The van der Waals surface area contributed by atoms with Crippen LogP contribution in [0.3, 0.4) is 0 Å². The molecule has 3 aromatic rings. The molecule has 0 atom stereocenters. The summed E-state index contributed by atoms with van der Waals surface area (Å²) in [5, 5.41) is 4.14. The van der Waals surface area contributed by atoms with Gasteiger partial charge in [0.05, 0.1) is 33.2 Å². The van der Waals surface area contributed by atoms with Gasteiger partial charge >= 0.3 is 0 Å². The molecule has 0 aliphatic carbocycles. The first-order valence-electron chi connectivity index (χ1n) is 7.71. The van der Waals surface area contributed by atoms with E-state index in [-0.39, 0.29) is 11.7 Å². The van der Waals surface area contributed by atoms with Crippen molar-refractivity contribution < 1.29 is 9.18 Å². The van der Waals surface area contributed by atoms with Crippen LogP contribution in [0.1, 0.15) is 16.1 Å². The van der Waals surface area contributed by atoms with Crippen LogP contribution in [0.5, 0.6) is 0 Å². The van der Waals surface area contributed by atoms with Crippen LogP contribution in [0, 0.1) is 12.7 Å². The monoisotopic (exact) mass is 357 g/mol. The van der Waals surface area contributed by atoms with E-state index < -0.39 is 0 Å². The number of nitrogens with zero attached hydrogens (tertiary/aromatic N) is 2. The van der Waals surface area contributed by atoms with Crippen molar-refractivity contribution in [2.75, 3.05) is 24.3 Å². The van der Waals surface area contributed by atoms with Crippen molar-refractivity contribution in [3.63, 3.8) is 0 Å². The molecular formula is C19H17ClFN3O. The first kappa shape index (κ1) is 17.2.